The summed E-state index contributed by atoms with van der Waals surface area (Å²) in [6.45, 7) is 9.32. The molecule has 0 aromatic heterocycles. The minimum atomic E-state index is -0.711. The molecule has 3 heteroatoms. The third kappa shape index (κ3) is 22.4. The van der Waals surface area contributed by atoms with Crippen LogP contribution >= 0.6 is 0 Å². The van der Waals surface area contributed by atoms with Crippen LogP contribution in [0.5, 0.6) is 0 Å². The zero-order valence-corrected chi connectivity index (χ0v) is 9.00. The van der Waals surface area contributed by atoms with E-state index in [1.54, 1.807) is 6.92 Å². The second-order valence-electron chi connectivity index (χ2n) is 2.61. The Balaban J connectivity index is 0. The monoisotopic (exact) mass is 199 g/mol. The highest BCUT2D eigenvalue weighted by Gasteiger charge is 1.82. The number of carbonyl (C=O) groups excluding carboxylic acids is 1. The summed E-state index contributed by atoms with van der Waals surface area (Å²) < 4.78 is 4.18. The van der Waals surface area contributed by atoms with Crippen molar-refractivity contribution in [3.63, 3.8) is 0 Å². The van der Waals surface area contributed by atoms with Gasteiger partial charge in [0.2, 0.25) is 0 Å². The Bertz CT molecular complexity index is 145. The molecule has 0 aliphatic rings. The van der Waals surface area contributed by atoms with Crippen molar-refractivity contribution in [1.29, 1.82) is 0 Å². The fraction of sp³-hybridized carbons (Fsp3) is 0.545. The fourth-order valence-corrected chi connectivity index (χ4v) is 0.720. The minimum absolute atomic E-state index is 0.356. The van der Waals surface area contributed by atoms with E-state index < -0.39 is 6.09 Å². The number of carbonyl (C=O) groups is 1. The van der Waals surface area contributed by atoms with Crippen LogP contribution in [-0.2, 0) is 4.74 Å². The van der Waals surface area contributed by atoms with Gasteiger partial charge in [-0.05, 0) is 32.6 Å². The summed E-state index contributed by atoms with van der Waals surface area (Å²) in [4.78, 5) is 9.60. The van der Waals surface area contributed by atoms with E-state index in [9.17, 15) is 4.79 Å². The lowest BCUT2D eigenvalue weighted by molar-refractivity contribution is 0.163. The Morgan fingerprint density at radius 2 is 1.71 bits per heavy atom. The number of allylic oxidation sites excluding steroid dienone is 2. The third-order valence-corrected chi connectivity index (χ3v) is 1.35. The van der Waals surface area contributed by atoms with Crippen LogP contribution < -0.4 is 5.73 Å². The Morgan fingerprint density at radius 1 is 1.29 bits per heavy atom. The molecule has 0 unspecified atom stereocenters. The lowest BCUT2D eigenvalue weighted by Crippen LogP contribution is -2.11. The molecule has 0 fully saturated rings. The van der Waals surface area contributed by atoms with E-state index >= 15 is 0 Å². The van der Waals surface area contributed by atoms with Gasteiger partial charge in [-0.3, -0.25) is 0 Å². The molecule has 0 saturated carbocycles. The van der Waals surface area contributed by atoms with Crippen LogP contribution in [0.25, 0.3) is 0 Å². The second kappa shape index (κ2) is 14.3. The van der Waals surface area contributed by atoms with Crippen molar-refractivity contribution >= 4 is 6.09 Å². The Labute approximate surface area is 86.6 Å². The lowest BCUT2D eigenvalue weighted by Gasteiger charge is -1.89. The molecule has 0 saturated heterocycles. The van der Waals surface area contributed by atoms with Crippen LogP contribution in [0, 0.1) is 0 Å². The van der Waals surface area contributed by atoms with Crippen LogP contribution in [0.2, 0.25) is 0 Å². The molecule has 82 valence electrons. The highest BCUT2D eigenvalue weighted by atomic mass is 16.5. The van der Waals surface area contributed by atoms with Gasteiger partial charge in [0.05, 0.1) is 6.61 Å². The highest BCUT2D eigenvalue weighted by molar-refractivity contribution is 5.64. The van der Waals surface area contributed by atoms with E-state index in [4.69, 9.17) is 0 Å². The molecule has 0 spiro atoms. The molecule has 0 rings (SSSR count). The smallest absolute Gasteiger partial charge is 0.404 e. The van der Waals surface area contributed by atoms with Crippen molar-refractivity contribution in [2.45, 2.75) is 32.6 Å². The average Bonchev–Trinajstić information content (AvgIpc) is 2.13. The van der Waals surface area contributed by atoms with Crippen molar-refractivity contribution in [3.8, 4) is 0 Å². The molecule has 0 bridgehead atoms. The van der Waals surface area contributed by atoms with Crippen LogP contribution in [-0.4, -0.2) is 12.7 Å². The van der Waals surface area contributed by atoms with E-state index in [1.807, 2.05) is 12.2 Å². The van der Waals surface area contributed by atoms with Crippen LogP contribution in [0.1, 0.15) is 32.6 Å². The van der Waals surface area contributed by atoms with E-state index in [0.29, 0.717) is 6.61 Å². The first-order valence-corrected chi connectivity index (χ1v) is 4.83. The SMILES string of the molecule is C=CCCCCC=C.CCOC(N)=O. The van der Waals surface area contributed by atoms with E-state index in [-0.39, 0.29) is 0 Å². The normalized spacial score (nSPS) is 8.07. The van der Waals surface area contributed by atoms with Crippen LogP contribution in [0.15, 0.2) is 25.3 Å². The van der Waals surface area contributed by atoms with Gasteiger partial charge in [0.1, 0.15) is 0 Å². The van der Waals surface area contributed by atoms with Crippen molar-refractivity contribution < 1.29 is 9.53 Å². The first-order valence-electron chi connectivity index (χ1n) is 4.83. The van der Waals surface area contributed by atoms with Crippen molar-refractivity contribution in [2.75, 3.05) is 6.61 Å². The number of hydrogen-bond donors (Lipinski definition) is 1. The summed E-state index contributed by atoms with van der Waals surface area (Å²) in [5, 5.41) is 0. The largest absolute Gasteiger partial charge is 0.450 e. The van der Waals surface area contributed by atoms with Gasteiger partial charge in [0.15, 0.2) is 0 Å². The molecule has 2 N–H and O–H groups in total. The molecule has 0 aliphatic carbocycles. The highest BCUT2D eigenvalue weighted by Crippen LogP contribution is 1.99. The number of hydrogen-bond acceptors (Lipinski definition) is 2. The van der Waals surface area contributed by atoms with E-state index in [2.05, 4.69) is 23.6 Å². The molecule has 0 aromatic rings. The number of ether oxygens (including phenoxy) is 1. The molecule has 0 aliphatic heterocycles. The van der Waals surface area contributed by atoms with Gasteiger partial charge < -0.3 is 10.5 Å². The van der Waals surface area contributed by atoms with Gasteiger partial charge in [-0.1, -0.05) is 12.2 Å². The Kier molecular flexibility index (Phi) is 15.5. The zero-order valence-electron chi connectivity index (χ0n) is 9.00. The fourth-order valence-electron chi connectivity index (χ4n) is 0.720. The predicted octanol–water partition coefficient (Wildman–Crippen LogP) is 3.02. The van der Waals surface area contributed by atoms with Crippen molar-refractivity contribution in [3.05, 3.63) is 25.3 Å². The molecule has 0 radical (unpaired) electrons. The number of unbranched alkanes of at least 4 members (excludes halogenated alkanes) is 3. The van der Waals surface area contributed by atoms with Crippen molar-refractivity contribution in [1.82, 2.24) is 0 Å². The Hall–Kier alpha value is -1.25. The van der Waals surface area contributed by atoms with Gasteiger partial charge in [-0.2, -0.15) is 0 Å². The number of primary amides is 1. The van der Waals surface area contributed by atoms with Crippen molar-refractivity contribution in [2.24, 2.45) is 5.73 Å². The van der Waals surface area contributed by atoms with Gasteiger partial charge in [-0.25, -0.2) is 4.79 Å². The average molecular weight is 199 g/mol. The summed E-state index contributed by atoms with van der Waals surface area (Å²) in [5.74, 6) is 0. The van der Waals surface area contributed by atoms with Gasteiger partial charge in [0, 0.05) is 0 Å². The molecule has 0 heterocycles. The van der Waals surface area contributed by atoms with E-state index in [1.165, 1.54) is 12.8 Å². The minimum Gasteiger partial charge on any atom is -0.450 e. The van der Waals surface area contributed by atoms with Gasteiger partial charge in [-0.15, -0.1) is 13.2 Å². The molecular formula is C11H21NO2. The summed E-state index contributed by atoms with van der Waals surface area (Å²) in [5.41, 5.74) is 4.54. The Morgan fingerprint density at radius 3 is 1.86 bits per heavy atom. The summed E-state index contributed by atoms with van der Waals surface area (Å²) in [6.07, 6.45) is 8.02. The third-order valence-electron chi connectivity index (χ3n) is 1.35. The molecule has 1 amide bonds. The second-order valence-corrected chi connectivity index (χ2v) is 2.61. The zero-order chi connectivity index (χ0) is 11.2. The summed E-state index contributed by atoms with van der Waals surface area (Å²) in [7, 11) is 0. The number of nitrogens with two attached hydrogens (primary N) is 1. The maximum Gasteiger partial charge on any atom is 0.404 e. The standard InChI is InChI=1S/C8H14.C3H7NO2/c1-3-5-7-8-6-4-2;1-2-6-3(4)5/h3-4H,1-2,5-8H2;2H2,1H3,(H2,4,5). The first-order chi connectivity index (χ1) is 6.68. The lowest BCUT2D eigenvalue weighted by atomic mass is 10.2. The quantitative estimate of drug-likeness (QED) is 0.528. The van der Waals surface area contributed by atoms with Crippen LogP contribution in [0.4, 0.5) is 4.79 Å². The van der Waals surface area contributed by atoms with E-state index in [0.717, 1.165) is 12.8 Å². The molecule has 3 nitrogen and oxygen atoms in total. The van der Waals surface area contributed by atoms with Gasteiger partial charge in [0.25, 0.3) is 0 Å². The summed E-state index contributed by atoms with van der Waals surface area (Å²) >= 11 is 0. The summed E-state index contributed by atoms with van der Waals surface area (Å²) in [6, 6.07) is 0. The molecule has 14 heavy (non-hydrogen) atoms. The molecular weight excluding hydrogens is 178 g/mol. The maximum atomic E-state index is 9.60. The predicted molar refractivity (Wildman–Crippen MR) is 60.1 cm³/mol. The molecule has 0 atom stereocenters. The maximum absolute atomic E-state index is 9.60. The molecule has 0 aromatic carbocycles. The topological polar surface area (TPSA) is 52.3 Å². The van der Waals surface area contributed by atoms with Crippen LogP contribution in [0.3, 0.4) is 0 Å². The first kappa shape index (κ1) is 15.2. The number of rotatable bonds is 6. The van der Waals surface area contributed by atoms with Gasteiger partial charge >= 0.3 is 6.09 Å². The number of amides is 1.